The molecule has 0 saturated carbocycles. The van der Waals surface area contributed by atoms with Crippen molar-refractivity contribution >= 4 is 22.9 Å². The van der Waals surface area contributed by atoms with E-state index in [1.165, 1.54) is 12.1 Å². The predicted octanol–water partition coefficient (Wildman–Crippen LogP) is 2.69. The minimum atomic E-state index is -0.310. The standard InChI is InChI=1S/C21H27FN4O3/c1-2-29-21(28)25-10-8-24(9-11-25)17-4-3-7-26(14-17)20(27)19-13-15-12-16(22)5-6-18(15)23-19/h5-6,12-13,17,23H,2-4,7-11,14H2,1H3/t17-/m0/s1. The number of hydrogen-bond acceptors (Lipinski definition) is 4. The molecule has 1 aromatic heterocycles. The van der Waals surface area contributed by atoms with Gasteiger partial charge >= 0.3 is 6.09 Å². The van der Waals surface area contributed by atoms with Crippen molar-refractivity contribution in [3.8, 4) is 0 Å². The first-order valence-corrected chi connectivity index (χ1v) is 10.3. The Kier molecular flexibility index (Phi) is 5.71. The van der Waals surface area contributed by atoms with Crippen LogP contribution in [0.25, 0.3) is 10.9 Å². The molecular weight excluding hydrogens is 375 g/mol. The SMILES string of the molecule is CCOC(=O)N1CCN([C@H]2CCCN(C(=O)c3cc4cc(F)ccc4[nH]3)C2)CC1. The Balaban J connectivity index is 1.38. The summed E-state index contributed by atoms with van der Waals surface area (Å²) in [4.78, 5) is 34.0. The molecule has 2 saturated heterocycles. The van der Waals surface area contributed by atoms with Crippen LogP contribution in [0.1, 0.15) is 30.3 Å². The molecule has 2 fully saturated rings. The maximum atomic E-state index is 13.4. The Morgan fingerprint density at radius 1 is 1.14 bits per heavy atom. The fourth-order valence-electron chi connectivity index (χ4n) is 4.31. The van der Waals surface area contributed by atoms with Crippen molar-refractivity contribution in [3.63, 3.8) is 0 Å². The zero-order chi connectivity index (χ0) is 20.4. The molecule has 1 aromatic carbocycles. The van der Waals surface area contributed by atoms with Crippen LogP contribution in [0.3, 0.4) is 0 Å². The second-order valence-corrected chi connectivity index (χ2v) is 7.68. The second-order valence-electron chi connectivity index (χ2n) is 7.68. The summed E-state index contributed by atoms with van der Waals surface area (Å²) in [6.45, 7) is 6.47. The molecular formula is C21H27FN4O3. The Morgan fingerprint density at radius 2 is 1.93 bits per heavy atom. The van der Waals surface area contributed by atoms with Gasteiger partial charge in [0.1, 0.15) is 11.5 Å². The first kappa shape index (κ1) is 19.7. The topological polar surface area (TPSA) is 68.9 Å². The molecule has 0 aliphatic carbocycles. The van der Waals surface area contributed by atoms with Gasteiger partial charge in [-0.15, -0.1) is 0 Å². The molecule has 7 nitrogen and oxygen atoms in total. The molecule has 0 radical (unpaired) electrons. The monoisotopic (exact) mass is 402 g/mol. The lowest BCUT2D eigenvalue weighted by Gasteiger charge is -2.43. The summed E-state index contributed by atoms with van der Waals surface area (Å²) >= 11 is 0. The van der Waals surface area contributed by atoms with E-state index >= 15 is 0 Å². The number of aromatic nitrogens is 1. The van der Waals surface area contributed by atoms with Gasteiger partial charge in [0, 0.05) is 56.2 Å². The van der Waals surface area contributed by atoms with E-state index in [9.17, 15) is 14.0 Å². The molecule has 2 aliphatic heterocycles. The first-order valence-electron chi connectivity index (χ1n) is 10.3. The van der Waals surface area contributed by atoms with Gasteiger partial charge in [-0.3, -0.25) is 9.69 Å². The lowest BCUT2D eigenvalue weighted by molar-refractivity contribution is 0.0376. The van der Waals surface area contributed by atoms with Crippen molar-refractivity contribution in [1.82, 2.24) is 19.7 Å². The number of H-pyrrole nitrogens is 1. The maximum Gasteiger partial charge on any atom is 0.409 e. The largest absolute Gasteiger partial charge is 0.450 e. The molecule has 4 rings (SSSR count). The Labute approximate surface area is 169 Å². The number of piperazine rings is 1. The van der Waals surface area contributed by atoms with E-state index < -0.39 is 0 Å². The lowest BCUT2D eigenvalue weighted by Crippen LogP contribution is -2.56. The number of piperidine rings is 1. The number of carbonyl (C=O) groups is 2. The Hall–Kier alpha value is -2.61. The van der Waals surface area contributed by atoms with Gasteiger partial charge in [0.2, 0.25) is 0 Å². The van der Waals surface area contributed by atoms with E-state index in [-0.39, 0.29) is 17.8 Å². The van der Waals surface area contributed by atoms with Crippen molar-refractivity contribution in [1.29, 1.82) is 0 Å². The highest BCUT2D eigenvalue weighted by Gasteiger charge is 2.32. The molecule has 0 spiro atoms. The number of benzene rings is 1. The molecule has 2 aromatic rings. The number of carbonyl (C=O) groups excluding carboxylic acids is 2. The number of aromatic amines is 1. The smallest absolute Gasteiger partial charge is 0.409 e. The number of likely N-dealkylation sites (tertiary alicyclic amines) is 1. The summed E-state index contributed by atoms with van der Waals surface area (Å²) in [5, 5.41) is 0.706. The summed E-state index contributed by atoms with van der Waals surface area (Å²) in [5.41, 5.74) is 1.26. The van der Waals surface area contributed by atoms with Crippen molar-refractivity contribution < 1.29 is 18.7 Å². The van der Waals surface area contributed by atoms with Crippen LogP contribution >= 0.6 is 0 Å². The number of nitrogens with zero attached hydrogens (tertiary/aromatic N) is 3. The summed E-state index contributed by atoms with van der Waals surface area (Å²) in [6.07, 6.45) is 1.74. The molecule has 156 valence electrons. The molecule has 1 atom stereocenters. The van der Waals surface area contributed by atoms with Crippen molar-refractivity contribution in [2.75, 3.05) is 45.9 Å². The van der Waals surface area contributed by atoms with Gasteiger partial charge in [-0.05, 0) is 44.0 Å². The van der Waals surface area contributed by atoms with Crippen molar-refractivity contribution in [2.45, 2.75) is 25.8 Å². The third-order valence-electron chi connectivity index (χ3n) is 5.85. The highest BCUT2D eigenvalue weighted by Crippen LogP contribution is 2.22. The number of halogens is 1. The van der Waals surface area contributed by atoms with E-state index in [1.54, 1.807) is 17.0 Å². The number of hydrogen-bond donors (Lipinski definition) is 1. The first-order chi connectivity index (χ1) is 14.0. The van der Waals surface area contributed by atoms with Crippen LogP contribution in [0.4, 0.5) is 9.18 Å². The third-order valence-corrected chi connectivity index (χ3v) is 5.85. The summed E-state index contributed by atoms with van der Waals surface area (Å²) in [7, 11) is 0. The number of amides is 2. The quantitative estimate of drug-likeness (QED) is 0.857. The molecule has 0 bridgehead atoms. The van der Waals surface area contributed by atoms with Crippen LogP contribution in [0.2, 0.25) is 0 Å². The maximum absolute atomic E-state index is 13.4. The molecule has 2 amide bonds. The van der Waals surface area contributed by atoms with Crippen molar-refractivity contribution in [3.05, 3.63) is 35.8 Å². The van der Waals surface area contributed by atoms with Gasteiger partial charge in [-0.2, -0.15) is 0 Å². The average molecular weight is 402 g/mol. The van der Waals surface area contributed by atoms with Gasteiger partial charge in [0.25, 0.3) is 5.91 Å². The number of rotatable bonds is 3. The van der Waals surface area contributed by atoms with E-state index in [0.29, 0.717) is 43.4 Å². The van der Waals surface area contributed by atoms with Crippen molar-refractivity contribution in [2.24, 2.45) is 0 Å². The summed E-state index contributed by atoms with van der Waals surface area (Å²) in [6, 6.07) is 6.50. The fraction of sp³-hybridized carbons (Fsp3) is 0.524. The van der Waals surface area contributed by atoms with E-state index in [0.717, 1.165) is 38.0 Å². The minimum Gasteiger partial charge on any atom is -0.450 e. The van der Waals surface area contributed by atoms with Crippen LogP contribution in [0.5, 0.6) is 0 Å². The van der Waals surface area contributed by atoms with Gasteiger partial charge in [-0.1, -0.05) is 0 Å². The Morgan fingerprint density at radius 3 is 2.69 bits per heavy atom. The van der Waals surface area contributed by atoms with Gasteiger partial charge in [0.05, 0.1) is 6.61 Å². The average Bonchev–Trinajstić information content (AvgIpc) is 3.17. The second kappa shape index (κ2) is 8.41. The normalized spacial score (nSPS) is 20.8. The summed E-state index contributed by atoms with van der Waals surface area (Å²) in [5.74, 6) is -0.355. The van der Waals surface area contributed by atoms with Gasteiger partial charge in [-0.25, -0.2) is 9.18 Å². The minimum absolute atomic E-state index is 0.0449. The molecule has 29 heavy (non-hydrogen) atoms. The zero-order valence-corrected chi connectivity index (χ0v) is 16.7. The number of ether oxygens (including phenoxy) is 1. The molecule has 2 aliphatic rings. The van der Waals surface area contributed by atoms with E-state index in [2.05, 4.69) is 9.88 Å². The van der Waals surface area contributed by atoms with E-state index in [1.807, 2.05) is 11.8 Å². The van der Waals surface area contributed by atoms with Crippen LogP contribution in [-0.4, -0.2) is 83.6 Å². The van der Waals surface area contributed by atoms with E-state index in [4.69, 9.17) is 4.74 Å². The number of nitrogens with one attached hydrogen (secondary N) is 1. The lowest BCUT2D eigenvalue weighted by atomic mass is 10.0. The fourth-order valence-corrected chi connectivity index (χ4v) is 4.31. The van der Waals surface area contributed by atoms with Gasteiger partial charge in [0.15, 0.2) is 0 Å². The van der Waals surface area contributed by atoms with Crippen LogP contribution in [-0.2, 0) is 4.74 Å². The molecule has 1 N–H and O–H groups in total. The predicted molar refractivity (Wildman–Crippen MR) is 107 cm³/mol. The zero-order valence-electron chi connectivity index (χ0n) is 16.7. The summed E-state index contributed by atoms with van der Waals surface area (Å²) < 4.78 is 18.5. The molecule has 8 heteroatoms. The highest BCUT2D eigenvalue weighted by atomic mass is 19.1. The van der Waals surface area contributed by atoms with Crippen LogP contribution in [0, 0.1) is 5.82 Å². The highest BCUT2D eigenvalue weighted by molar-refractivity contribution is 5.98. The third kappa shape index (κ3) is 4.22. The molecule has 0 unspecified atom stereocenters. The van der Waals surface area contributed by atoms with Gasteiger partial charge < -0.3 is 19.5 Å². The van der Waals surface area contributed by atoms with Crippen LogP contribution in [0.15, 0.2) is 24.3 Å². The van der Waals surface area contributed by atoms with Crippen LogP contribution < -0.4 is 0 Å². The number of fused-ring (bicyclic) bond motifs is 1. The Bertz CT molecular complexity index is 891. The molecule has 3 heterocycles.